The maximum Gasteiger partial charge on any atom is 0.169 e. The molecule has 0 bridgehead atoms. The van der Waals surface area contributed by atoms with Gasteiger partial charge in [-0.1, -0.05) is 13.3 Å². The third kappa shape index (κ3) is 2.00. The molecule has 76 valence electrons. The Bertz CT molecular complexity index is 186. The van der Waals surface area contributed by atoms with Crippen molar-refractivity contribution >= 4 is 11.6 Å². The van der Waals surface area contributed by atoms with Crippen molar-refractivity contribution in [2.75, 3.05) is 12.5 Å². The van der Waals surface area contributed by atoms with Gasteiger partial charge in [0, 0.05) is 12.8 Å². The molecule has 0 aromatic rings. The fourth-order valence-electron chi connectivity index (χ4n) is 2.39. The Morgan fingerprint density at radius 1 is 1.54 bits per heavy atom. The first-order chi connectivity index (χ1) is 6.24. The van der Waals surface area contributed by atoms with E-state index in [2.05, 4.69) is 6.92 Å². The van der Waals surface area contributed by atoms with Crippen LogP contribution in [0.4, 0.5) is 0 Å². The van der Waals surface area contributed by atoms with Crippen molar-refractivity contribution < 1.29 is 9.47 Å². The SMILES string of the molecule is CC1CCCC2(C1)OCC(CCl)O2. The normalized spacial score (nSPS) is 45.7. The van der Waals surface area contributed by atoms with E-state index >= 15 is 0 Å². The first-order valence-electron chi connectivity index (χ1n) is 5.12. The van der Waals surface area contributed by atoms with Crippen molar-refractivity contribution in [1.29, 1.82) is 0 Å². The molecule has 1 saturated carbocycles. The molecule has 0 amide bonds. The summed E-state index contributed by atoms with van der Waals surface area (Å²) in [5.74, 6) is 1.01. The molecular weight excluding hydrogens is 188 g/mol. The van der Waals surface area contributed by atoms with Gasteiger partial charge in [0.05, 0.1) is 18.6 Å². The van der Waals surface area contributed by atoms with Crippen molar-refractivity contribution in [2.45, 2.75) is 44.5 Å². The van der Waals surface area contributed by atoms with Gasteiger partial charge in [0.1, 0.15) is 0 Å². The highest BCUT2D eigenvalue weighted by Gasteiger charge is 2.43. The van der Waals surface area contributed by atoms with Crippen molar-refractivity contribution in [3.8, 4) is 0 Å². The van der Waals surface area contributed by atoms with Gasteiger partial charge in [0.25, 0.3) is 0 Å². The molecule has 2 fully saturated rings. The average molecular weight is 205 g/mol. The molecule has 3 heteroatoms. The lowest BCUT2D eigenvalue weighted by Crippen LogP contribution is -2.36. The molecule has 1 heterocycles. The molecule has 0 radical (unpaired) electrons. The average Bonchev–Trinajstić information content (AvgIpc) is 2.48. The highest BCUT2D eigenvalue weighted by Crippen LogP contribution is 2.40. The summed E-state index contributed by atoms with van der Waals surface area (Å²) in [6.07, 6.45) is 4.73. The van der Waals surface area contributed by atoms with Crippen LogP contribution in [-0.2, 0) is 9.47 Å². The second kappa shape index (κ2) is 3.76. The third-order valence-corrected chi connectivity index (χ3v) is 3.34. The van der Waals surface area contributed by atoms with Crippen LogP contribution in [0.3, 0.4) is 0 Å². The van der Waals surface area contributed by atoms with Gasteiger partial charge in [0.15, 0.2) is 5.79 Å². The fraction of sp³-hybridized carbons (Fsp3) is 1.00. The van der Waals surface area contributed by atoms with Crippen molar-refractivity contribution in [1.82, 2.24) is 0 Å². The van der Waals surface area contributed by atoms with E-state index in [1.54, 1.807) is 0 Å². The zero-order valence-electron chi connectivity index (χ0n) is 8.09. The largest absolute Gasteiger partial charge is 0.347 e. The first kappa shape index (κ1) is 9.75. The van der Waals surface area contributed by atoms with E-state index < -0.39 is 0 Å². The van der Waals surface area contributed by atoms with Crippen LogP contribution in [0.2, 0.25) is 0 Å². The predicted octanol–water partition coefficient (Wildman–Crippen LogP) is 2.55. The van der Waals surface area contributed by atoms with Crippen molar-refractivity contribution in [2.24, 2.45) is 5.92 Å². The van der Waals surface area contributed by atoms with Gasteiger partial charge < -0.3 is 9.47 Å². The van der Waals surface area contributed by atoms with Gasteiger partial charge in [0.2, 0.25) is 0 Å². The number of halogens is 1. The Kier molecular flexibility index (Phi) is 2.82. The highest BCUT2D eigenvalue weighted by molar-refractivity contribution is 6.18. The molecule has 2 aliphatic rings. The lowest BCUT2D eigenvalue weighted by Gasteiger charge is -2.35. The van der Waals surface area contributed by atoms with Crippen LogP contribution in [0, 0.1) is 5.92 Å². The van der Waals surface area contributed by atoms with E-state index in [-0.39, 0.29) is 11.9 Å². The smallest absolute Gasteiger partial charge is 0.169 e. The van der Waals surface area contributed by atoms with Gasteiger partial charge in [-0.25, -0.2) is 0 Å². The monoisotopic (exact) mass is 204 g/mol. The van der Waals surface area contributed by atoms with Crippen molar-refractivity contribution in [3.63, 3.8) is 0 Å². The number of alkyl halides is 1. The molecule has 0 aromatic carbocycles. The van der Waals surface area contributed by atoms with Gasteiger partial charge in [-0.2, -0.15) is 0 Å². The zero-order valence-corrected chi connectivity index (χ0v) is 8.85. The van der Waals surface area contributed by atoms with Crippen LogP contribution < -0.4 is 0 Å². The zero-order chi connectivity index (χ0) is 9.31. The lowest BCUT2D eigenvalue weighted by atomic mass is 9.86. The second-order valence-corrected chi connectivity index (χ2v) is 4.63. The minimum absolute atomic E-state index is 0.118. The van der Waals surface area contributed by atoms with Crippen molar-refractivity contribution in [3.05, 3.63) is 0 Å². The van der Waals surface area contributed by atoms with Crippen LogP contribution in [0.5, 0.6) is 0 Å². The maximum absolute atomic E-state index is 5.86. The number of hydrogen-bond acceptors (Lipinski definition) is 2. The summed E-state index contributed by atoms with van der Waals surface area (Å²) in [4.78, 5) is 0. The van der Waals surface area contributed by atoms with Gasteiger partial charge in [-0.3, -0.25) is 0 Å². The molecule has 3 unspecified atom stereocenters. The summed E-state index contributed by atoms with van der Waals surface area (Å²) in [5.41, 5.74) is 0. The summed E-state index contributed by atoms with van der Waals surface area (Å²) in [5, 5.41) is 0. The van der Waals surface area contributed by atoms with E-state index in [4.69, 9.17) is 21.1 Å². The highest BCUT2D eigenvalue weighted by atomic mass is 35.5. The Hall–Kier alpha value is 0.210. The first-order valence-corrected chi connectivity index (χ1v) is 5.65. The van der Waals surface area contributed by atoms with E-state index in [1.165, 1.54) is 12.8 Å². The van der Waals surface area contributed by atoms with Crippen LogP contribution in [0.15, 0.2) is 0 Å². The minimum atomic E-state index is -0.267. The maximum atomic E-state index is 5.86. The van der Waals surface area contributed by atoms with Crippen LogP contribution in [-0.4, -0.2) is 24.4 Å². The molecule has 1 aliphatic carbocycles. The number of ether oxygens (including phenoxy) is 2. The molecular formula is C10H17ClO2. The predicted molar refractivity (Wildman–Crippen MR) is 51.9 cm³/mol. The summed E-state index contributed by atoms with van der Waals surface area (Å²) >= 11 is 5.74. The molecule has 2 nitrogen and oxygen atoms in total. The molecule has 1 saturated heterocycles. The van der Waals surface area contributed by atoms with E-state index in [0.29, 0.717) is 12.5 Å². The molecule has 1 aliphatic heterocycles. The van der Waals surface area contributed by atoms with E-state index in [1.807, 2.05) is 0 Å². The van der Waals surface area contributed by atoms with E-state index in [9.17, 15) is 0 Å². The Morgan fingerprint density at radius 2 is 2.38 bits per heavy atom. The van der Waals surface area contributed by atoms with Gasteiger partial charge in [-0.05, 0) is 12.3 Å². The third-order valence-electron chi connectivity index (χ3n) is 3.00. The molecule has 1 spiro atoms. The topological polar surface area (TPSA) is 18.5 Å². The summed E-state index contributed by atoms with van der Waals surface area (Å²) in [6.45, 7) is 2.94. The fourth-order valence-corrected chi connectivity index (χ4v) is 2.54. The summed E-state index contributed by atoms with van der Waals surface area (Å²) in [7, 11) is 0. The minimum Gasteiger partial charge on any atom is -0.347 e. The molecule has 3 atom stereocenters. The molecule has 0 aromatic heterocycles. The quantitative estimate of drug-likeness (QED) is 0.612. The van der Waals surface area contributed by atoms with Gasteiger partial charge in [-0.15, -0.1) is 11.6 Å². The number of rotatable bonds is 1. The summed E-state index contributed by atoms with van der Waals surface area (Å²) < 4.78 is 11.6. The van der Waals surface area contributed by atoms with E-state index in [0.717, 1.165) is 18.8 Å². The van der Waals surface area contributed by atoms with Crippen LogP contribution in [0.1, 0.15) is 32.6 Å². The molecule has 13 heavy (non-hydrogen) atoms. The van der Waals surface area contributed by atoms with Crippen LogP contribution >= 0.6 is 11.6 Å². The lowest BCUT2D eigenvalue weighted by molar-refractivity contribution is -0.193. The standard InChI is InChI=1S/C10H17ClO2/c1-8-3-2-4-10(5-8)12-7-9(6-11)13-10/h8-9H,2-7H2,1H3. The second-order valence-electron chi connectivity index (χ2n) is 4.32. The van der Waals surface area contributed by atoms with Crippen LogP contribution in [0.25, 0.3) is 0 Å². The molecule has 2 rings (SSSR count). The van der Waals surface area contributed by atoms with Gasteiger partial charge >= 0.3 is 0 Å². The Labute approximate surface area is 84.5 Å². The summed E-state index contributed by atoms with van der Waals surface area (Å²) in [6, 6.07) is 0. The Balaban J connectivity index is 1.97. The molecule has 0 N–H and O–H groups in total. The number of hydrogen-bond donors (Lipinski definition) is 0. The Morgan fingerprint density at radius 3 is 3.00 bits per heavy atom.